The molecular weight excluding hydrogens is 332 g/mol. The Kier molecular flexibility index (Phi) is 4.50. The SMILES string of the molecule is COc1ccc(S(=O)(=O)N2CCNCC2C)cc1Br. The molecule has 19 heavy (non-hydrogen) atoms. The Morgan fingerprint density at radius 3 is 2.79 bits per heavy atom. The standard InChI is InChI=1S/C12H17BrN2O3S/c1-9-8-14-5-6-15(9)19(16,17)10-3-4-12(18-2)11(13)7-10/h3-4,7,9,14H,5-6,8H2,1-2H3. The van der Waals surface area contributed by atoms with E-state index in [2.05, 4.69) is 21.2 Å². The maximum atomic E-state index is 12.6. The lowest BCUT2D eigenvalue weighted by molar-refractivity contribution is 0.284. The van der Waals surface area contributed by atoms with E-state index in [-0.39, 0.29) is 10.9 Å². The first-order valence-electron chi connectivity index (χ1n) is 6.03. The zero-order chi connectivity index (χ0) is 14.0. The molecule has 5 nitrogen and oxygen atoms in total. The molecule has 1 heterocycles. The van der Waals surface area contributed by atoms with Crippen LogP contribution in [0.2, 0.25) is 0 Å². The normalized spacial score (nSPS) is 21.3. The summed E-state index contributed by atoms with van der Waals surface area (Å²) in [6.45, 7) is 3.76. The molecule has 0 saturated carbocycles. The van der Waals surface area contributed by atoms with Gasteiger partial charge in [0.25, 0.3) is 0 Å². The van der Waals surface area contributed by atoms with E-state index in [4.69, 9.17) is 4.74 Å². The van der Waals surface area contributed by atoms with Gasteiger partial charge in [-0.05, 0) is 41.1 Å². The third kappa shape index (κ3) is 2.94. The first-order chi connectivity index (χ1) is 8.96. The predicted molar refractivity (Wildman–Crippen MR) is 76.9 cm³/mol. The summed E-state index contributed by atoms with van der Waals surface area (Å²) in [6, 6.07) is 4.78. The molecule has 1 atom stereocenters. The second-order valence-corrected chi connectivity index (χ2v) is 7.21. The predicted octanol–water partition coefficient (Wildman–Crippen LogP) is 1.44. The van der Waals surface area contributed by atoms with E-state index in [1.54, 1.807) is 25.3 Å². The Balaban J connectivity index is 2.36. The van der Waals surface area contributed by atoms with Gasteiger partial charge in [-0.15, -0.1) is 0 Å². The molecule has 0 spiro atoms. The molecule has 1 aromatic rings. The summed E-state index contributed by atoms with van der Waals surface area (Å²) in [4.78, 5) is 0.286. The van der Waals surface area contributed by atoms with Gasteiger partial charge in [-0.1, -0.05) is 0 Å². The maximum Gasteiger partial charge on any atom is 0.243 e. The van der Waals surface area contributed by atoms with Crippen LogP contribution in [0.4, 0.5) is 0 Å². The van der Waals surface area contributed by atoms with Crippen molar-refractivity contribution in [1.29, 1.82) is 0 Å². The number of methoxy groups -OCH3 is 1. The van der Waals surface area contributed by atoms with Crippen molar-refractivity contribution < 1.29 is 13.2 Å². The van der Waals surface area contributed by atoms with Gasteiger partial charge in [0.15, 0.2) is 0 Å². The van der Waals surface area contributed by atoms with E-state index < -0.39 is 10.0 Å². The molecule has 0 aliphatic carbocycles. The van der Waals surface area contributed by atoms with Crippen LogP contribution in [-0.4, -0.2) is 45.5 Å². The van der Waals surface area contributed by atoms with Crippen LogP contribution in [0.15, 0.2) is 27.6 Å². The summed E-state index contributed by atoms with van der Waals surface area (Å²) < 4.78 is 32.5. The molecule has 106 valence electrons. The fourth-order valence-corrected chi connectivity index (χ4v) is 4.47. The highest BCUT2D eigenvalue weighted by Gasteiger charge is 2.31. The lowest BCUT2D eigenvalue weighted by Gasteiger charge is -2.32. The van der Waals surface area contributed by atoms with Gasteiger partial charge in [0.1, 0.15) is 5.75 Å². The van der Waals surface area contributed by atoms with Crippen molar-refractivity contribution >= 4 is 26.0 Å². The molecule has 7 heteroatoms. The third-order valence-corrected chi connectivity index (χ3v) is 5.80. The van der Waals surface area contributed by atoms with Crippen LogP contribution >= 0.6 is 15.9 Å². The lowest BCUT2D eigenvalue weighted by atomic mass is 10.3. The van der Waals surface area contributed by atoms with E-state index in [9.17, 15) is 8.42 Å². The van der Waals surface area contributed by atoms with Crippen LogP contribution in [0, 0.1) is 0 Å². The fourth-order valence-electron chi connectivity index (χ4n) is 2.12. The van der Waals surface area contributed by atoms with Gasteiger partial charge >= 0.3 is 0 Å². The molecule has 1 fully saturated rings. The van der Waals surface area contributed by atoms with Crippen molar-refractivity contribution in [2.45, 2.75) is 17.9 Å². The van der Waals surface area contributed by atoms with Crippen LogP contribution in [0.1, 0.15) is 6.92 Å². The Bertz CT molecular complexity index is 562. The average molecular weight is 349 g/mol. The summed E-state index contributed by atoms with van der Waals surface area (Å²) in [7, 11) is -1.90. The van der Waals surface area contributed by atoms with Gasteiger partial charge in [0, 0.05) is 25.7 Å². The van der Waals surface area contributed by atoms with E-state index in [0.717, 1.165) is 0 Å². The summed E-state index contributed by atoms with van der Waals surface area (Å²) in [6.07, 6.45) is 0. The molecule has 1 N–H and O–H groups in total. The second kappa shape index (κ2) is 5.78. The fraction of sp³-hybridized carbons (Fsp3) is 0.500. The van der Waals surface area contributed by atoms with E-state index in [0.29, 0.717) is 29.9 Å². The lowest BCUT2D eigenvalue weighted by Crippen LogP contribution is -2.52. The molecule has 1 aliphatic heterocycles. The smallest absolute Gasteiger partial charge is 0.243 e. The number of benzene rings is 1. The van der Waals surface area contributed by atoms with E-state index in [1.807, 2.05) is 6.92 Å². The number of piperazine rings is 1. The molecule has 1 saturated heterocycles. The topological polar surface area (TPSA) is 58.6 Å². The number of hydrogen-bond donors (Lipinski definition) is 1. The van der Waals surface area contributed by atoms with Crippen molar-refractivity contribution in [2.24, 2.45) is 0 Å². The van der Waals surface area contributed by atoms with Gasteiger partial charge in [-0.3, -0.25) is 0 Å². The number of rotatable bonds is 3. The van der Waals surface area contributed by atoms with Crippen LogP contribution in [0.3, 0.4) is 0 Å². The number of ether oxygens (including phenoxy) is 1. The highest BCUT2D eigenvalue weighted by atomic mass is 79.9. The minimum absolute atomic E-state index is 0.0420. The highest BCUT2D eigenvalue weighted by Crippen LogP contribution is 2.29. The zero-order valence-corrected chi connectivity index (χ0v) is 13.3. The van der Waals surface area contributed by atoms with Gasteiger partial charge < -0.3 is 10.1 Å². The summed E-state index contributed by atoms with van der Waals surface area (Å²) >= 11 is 3.32. The Labute approximate surface area is 122 Å². The Hall–Kier alpha value is -0.630. The summed E-state index contributed by atoms with van der Waals surface area (Å²) in [5.41, 5.74) is 0. The van der Waals surface area contributed by atoms with Crippen molar-refractivity contribution in [3.63, 3.8) is 0 Å². The average Bonchev–Trinajstić information content (AvgIpc) is 2.39. The number of sulfonamides is 1. The Morgan fingerprint density at radius 2 is 2.21 bits per heavy atom. The number of nitrogens with one attached hydrogen (secondary N) is 1. The van der Waals surface area contributed by atoms with Gasteiger partial charge in [-0.25, -0.2) is 8.42 Å². The molecule has 2 rings (SSSR count). The van der Waals surface area contributed by atoms with Gasteiger partial charge in [0.2, 0.25) is 10.0 Å². The summed E-state index contributed by atoms with van der Waals surface area (Å²) in [5.74, 6) is 0.618. The van der Waals surface area contributed by atoms with Gasteiger partial charge in [-0.2, -0.15) is 4.31 Å². The minimum atomic E-state index is -3.45. The monoisotopic (exact) mass is 348 g/mol. The van der Waals surface area contributed by atoms with Crippen LogP contribution in [-0.2, 0) is 10.0 Å². The number of nitrogens with zero attached hydrogens (tertiary/aromatic N) is 1. The molecule has 1 aromatic carbocycles. The van der Waals surface area contributed by atoms with Crippen molar-refractivity contribution in [2.75, 3.05) is 26.7 Å². The van der Waals surface area contributed by atoms with Crippen LogP contribution in [0.5, 0.6) is 5.75 Å². The number of hydrogen-bond acceptors (Lipinski definition) is 4. The minimum Gasteiger partial charge on any atom is -0.496 e. The maximum absolute atomic E-state index is 12.6. The quantitative estimate of drug-likeness (QED) is 0.897. The van der Waals surface area contributed by atoms with Crippen molar-refractivity contribution in [3.05, 3.63) is 22.7 Å². The molecule has 1 aliphatic rings. The molecule has 0 amide bonds. The Morgan fingerprint density at radius 1 is 1.47 bits per heavy atom. The third-order valence-electron chi connectivity index (χ3n) is 3.17. The number of halogens is 1. The zero-order valence-electron chi connectivity index (χ0n) is 10.9. The van der Waals surface area contributed by atoms with Crippen LogP contribution in [0.25, 0.3) is 0 Å². The molecule has 0 aromatic heterocycles. The first kappa shape index (κ1) is 14.8. The second-order valence-electron chi connectivity index (χ2n) is 4.47. The molecule has 1 unspecified atom stereocenters. The largest absolute Gasteiger partial charge is 0.496 e. The first-order valence-corrected chi connectivity index (χ1v) is 8.26. The van der Waals surface area contributed by atoms with Crippen LogP contribution < -0.4 is 10.1 Å². The molecule has 0 bridgehead atoms. The van der Waals surface area contributed by atoms with E-state index in [1.165, 1.54) is 4.31 Å². The van der Waals surface area contributed by atoms with E-state index >= 15 is 0 Å². The summed E-state index contributed by atoms with van der Waals surface area (Å²) in [5, 5.41) is 3.18. The molecular formula is C12H17BrN2O3S. The van der Waals surface area contributed by atoms with Crippen molar-refractivity contribution in [3.8, 4) is 5.75 Å². The molecule has 0 radical (unpaired) electrons. The van der Waals surface area contributed by atoms with Gasteiger partial charge in [0.05, 0.1) is 16.5 Å². The van der Waals surface area contributed by atoms with Crippen molar-refractivity contribution in [1.82, 2.24) is 9.62 Å². The highest BCUT2D eigenvalue weighted by molar-refractivity contribution is 9.10.